The monoisotopic (exact) mass is 583 g/mol. The number of para-hydroxylation sites is 1. The van der Waals surface area contributed by atoms with Crippen molar-refractivity contribution in [1.29, 1.82) is 0 Å². The molecule has 3 aromatic rings. The molecule has 1 saturated heterocycles. The number of aromatic nitrogens is 3. The van der Waals surface area contributed by atoms with Gasteiger partial charge in [0.05, 0.1) is 5.69 Å². The number of rotatable bonds is 5. The largest absolute Gasteiger partial charge is 0.492 e. The Balaban J connectivity index is 1.24. The number of hydrogen-bond acceptors (Lipinski definition) is 5. The number of nitrogens with zero attached hydrogens (tertiary/aromatic N) is 5. The number of fused-ring (bicyclic) bond motifs is 1. The van der Waals surface area contributed by atoms with Crippen molar-refractivity contribution < 1.29 is 22.7 Å². The van der Waals surface area contributed by atoms with Crippen LogP contribution in [0.1, 0.15) is 61.2 Å². The molecule has 0 unspecified atom stereocenters. The van der Waals surface area contributed by atoms with Crippen LogP contribution in [0.4, 0.5) is 13.2 Å². The lowest BCUT2D eigenvalue weighted by Crippen LogP contribution is -2.48. The summed E-state index contributed by atoms with van der Waals surface area (Å²) in [5.74, 6) is 0.939. The summed E-state index contributed by atoms with van der Waals surface area (Å²) in [5, 5.41) is 3.67. The highest BCUT2D eigenvalue weighted by molar-refractivity contribution is 5.76. The van der Waals surface area contributed by atoms with Crippen molar-refractivity contribution in [2.75, 3.05) is 32.8 Å². The fourth-order valence-electron chi connectivity index (χ4n) is 6.31. The number of halogens is 3. The van der Waals surface area contributed by atoms with Crippen LogP contribution >= 0.6 is 0 Å². The molecule has 4 heterocycles. The third-order valence-electron chi connectivity index (χ3n) is 8.70. The maximum absolute atomic E-state index is 13.1. The minimum absolute atomic E-state index is 0.0307. The number of carbonyl (C=O) groups excluding carboxylic acids is 1. The summed E-state index contributed by atoms with van der Waals surface area (Å²) in [5.41, 5.74) is 1.83. The summed E-state index contributed by atoms with van der Waals surface area (Å²) in [7, 11) is 0. The number of likely N-dealkylation sites (tertiary alicyclic amines) is 1. The lowest BCUT2D eigenvalue weighted by Gasteiger charge is -2.45. The van der Waals surface area contributed by atoms with E-state index in [-0.39, 0.29) is 24.3 Å². The molecule has 0 aliphatic carbocycles. The van der Waals surface area contributed by atoms with Gasteiger partial charge in [0.2, 0.25) is 5.91 Å². The number of ether oxygens (including phenoxy) is 1. The number of carbonyl (C=O) groups is 1. The van der Waals surface area contributed by atoms with Crippen LogP contribution in [0.25, 0.3) is 0 Å². The van der Waals surface area contributed by atoms with E-state index in [4.69, 9.17) is 4.74 Å². The van der Waals surface area contributed by atoms with Crippen molar-refractivity contribution in [2.24, 2.45) is 5.41 Å². The number of alkyl halides is 3. The zero-order valence-electron chi connectivity index (χ0n) is 24.3. The molecule has 2 aliphatic rings. The Labute approximate surface area is 245 Å². The van der Waals surface area contributed by atoms with E-state index in [1.807, 2.05) is 29.3 Å². The molecule has 1 amide bonds. The molecule has 7 nitrogen and oxygen atoms in total. The summed E-state index contributed by atoms with van der Waals surface area (Å²) in [6.45, 7) is 6.04. The van der Waals surface area contributed by atoms with Gasteiger partial charge in [-0.2, -0.15) is 18.3 Å². The molecule has 5 rings (SSSR count). The number of piperidine rings is 1. The quantitative estimate of drug-likeness (QED) is 0.374. The molecule has 226 valence electrons. The molecule has 0 N–H and O–H groups in total. The van der Waals surface area contributed by atoms with Gasteiger partial charge < -0.3 is 9.64 Å². The lowest BCUT2D eigenvalue weighted by molar-refractivity contribution is -0.141. The van der Waals surface area contributed by atoms with Crippen molar-refractivity contribution in [1.82, 2.24) is 24.6 Å². The Morgan fingerprint density at radius 2 is 1.81 bits per heavy atom. The van der Waals surface area contributed by atoms with Crippen molar-refractivity contribution >= 4 is 5.91 Å². The lowest BCUT2D eigenvalue weighted by atomic mass is 9.73. The van der Waals surface area contributed by atoms with E-state index >= 15 is 0 Å². The minimum Gasteiger partial charge on any atom is -0.492 e. The third kappa shape index (κ3) is 7.70. The summed E-state index contributed by atoms with van der Waals surface area (Å²) >= 11 is 0. The van der Waals surface area contributed by atoms with E-state index in [1.54, 1.807) is 6.92 Å². The van der Waals surface area contributed by atoms with Gasteiger partial charge in [0, 0.05) is 57.6 Å². The Kier molecular flexibility index (Phi) is 9.50. The highest BCUT2D eigenvalue weighted by atomic mass is 19.4. The number of pyridine rings is 1. The van der Waals surface area contributed by atoms with Gasteiger partial charge in [0.1, 0.15) is 12.4 Å². The third-order valence-corrected chi connectivity index (χ3v) is 8.70. The van der Waals surface area contributed by atoms with Gasteiger partial charge in [-0.15, -0.1) is 0 Å². The Morgan fingerprint density at radius 1 is 1.02 bits per heavy atom. The summed E-state index contributed by atoms with van der Waals surface area (Å²) < 4.78 is 46.7. The molecule has 2 aromatic heterocycles. The van der Waals surface area contributed by atoms with Crippen molar-refractivity contribution in [3.63, 3.8) is 0 Å². The van der Waals surface area contributed by atoms with Gasteiger partial charge in [0.25, 0.3) is 0 Å². The van der Waals surface area contributed by atoms with E-state index in [0.29, 0.717) is 25.4 Å². The van der Waals surface area contributed by atoms with Crippen molar-refractivity contribution in [3.05, 3.63) is 77.4 Å². The first-order valence-electron chi connectivity index (χ1n) is 14.9. The van der Waals surface area contributed by atoms with Gasteiger partial charge in [-0.25, -0.2) is 0 Å². The maximum atomic E-state index is 13.1. The molecule has 42 heavy (non-hydrogen) atoms. The molecular formula is C32H40F3N5O2. The van der Waals surface area contributed by atoms with Gasteiger partial charge in [0.15, 0.2) is 5.69 Å². The van der Waals surface area contributed by atoms with Crippen LogP contribution in [0.15, 0.2) is 54.7 Å². The zero-order valence-corrected chi connectivity index (χ0v) is 24.3. The average Bonchev–Trinajstić information content (AvgIpc) is 3.36. The predicted octanol–water partition coefficient (Wildman–Crippen LogP) is 5.91. The molecule has 1 fully saturated rings. The smallest absolute Gasteiger partial charge is 0.435 e. The number of aryl methyl sites for hydroxylation is 3. The maximum Gasteiger partial charge on any atom is 0.435 e. The molecule has 10 heteroatoms. The first-order valence-corrected chi connectivity index (χ1v) is 14.9. The second-order valence-electron chi connectivity index (χ2n) is 11.7. The van der Waals surface area contributed by atoms with E-state index in [2.05, 4.69) is 39.2 Å². The number of hydrogen-bond donors (Lipinski definition) is 0. The van der Waals surface area contributed by atoms with Crippen LogP contribution in [-0.4, -0.2) is 63.3 Å². The second-order valence-corrected chi connectivity index (χ2v) is 11.7. The Bertz CT molecular complexity index is 1320. The first-order chi connectivity index (χ1) is 20.2. The summed E-state index contributed by atoms with van der Waals surface area (Å²) in [6.07, 6.45) is 3.51. The summed E-state index contributed by atoms with van der Waals surface area (Å²) in [4.78, 5) is 22.0. The first kappa shape index (κ1) is 30.1. The van der Waals surface area contributed by atoms with E-state index < -0.39 is 11.9 Å². The van der Waals surface area contributed by atoms with Crippen LogP contribution in [0.3, 0.4) is 0 Å². The van der Waals surface area contributed by atoms with Crippen LogP contribution < -0.4 is 4.74 Å². The highest BCUT2D eigenvalue weighted by Crippen LogP contribution is 2.39. The molecule has 2 aliphatic heterocycles. The predicted molar refractivity (Wildman–Crippen MR) is 154 cm³/mol. The van der Waals surface area contributed by atoms with Crippen molar-refractivity contribution in [3.8, 4) is 5.75 Å². The molecule has 0 atom stereocenters. The van der Waals surface area contributed by atoms with E-state index in [0.717, 1.165) is 75.7 Å². The van der Waals surface area contributed by atoms with Crippen LogP contribution in [0.2, 0.25) is 0 Å². The van der Waals surface area contributed by atoms with Gasteiger partial charge >= 0.3 is 6.18 Å². The second kappa shape index (κ2) is 13.3. The van der Waals surface area contributed by atoms with Gasteiger partial charge in [-0.1, -0.05) is 30.7 Å². The number of benzene rings is 1. The normalized spacial score (nSPS) is 18.5. The van der Waals surface area contributed by atoms with Gasteiger partial charge in [-0.3, -0.25) is 19.4 Å². The highest BCUT2D eigenvalue weighted by Gasteiger charge is 2.38. The Hall–Kier alpha value is -3.40. The number of amides is 1. The molecule has 1 aromatic carbocycles. The SMILES string of the molecule is Cc1cc(C(F)(F)F)nn1CCC(=O)N1CCC2(CCCCc3ccccc3OCCN(Cc3ccccn3)C2)CC1. The fourth-order valence-corrected chi connectivity index (χ4v) is 6.31. The van der Waals surface area contributed by atoms with Crippen LogP contribution in [0, 0.1) is 12.3 Å². The minimum atomic E-state index is -4.49. The topological polar surface area (TPSA) is 63.5 Å². The zero-order chi connectivity index (χ0) is 29.6. The average molecular weight is 584 g/mol. The van der Waals surface area contributed by atoms with Crippen LogP contribution in [-0.2, 0) is 30.5 Å². The summed E-state index contributed by atoms with van der Waals surface area (Å²) in [6, 6.07) is 15.3. The molecule has 0 radical (unpaired) electrons. The van der Waals surface area contributed by atoms with E-state index in [9.17, 15) is 18.0 Å². The van der Waals surface area contributed by atoms with Crippen molar-refractivity contribution in [2.45, 2.75) is 71.1 Å². The molecule has 0 bridgehead atoms. The molecule has 0 saturated carbocycles. The molecule has 1 spiro atoms. The van der Waals surface area contributed by atoms with Crippen LogP contribution in [0.5, 0.6) is 5.75 Å². The van der Waals surface area contributed by atoms with E-state index in [1.165, 1.54) is 10.2 Å². The standard InChI is InChI=1S/C32H40F3N5O2/c1-25-22-29(32(33,34)35)37-40(25)17-12-30(41)39-18-14-31(15-19-39)13-6-4-9-26-8-2-3-11-28(26)42-21-20-38(24-31)23-27-10-5-7-16-36-27/h2-3,5,7-8,10-11,16,22H,4,6,9,12-15,17-21,23-24H2,1H3. The Morgan fingerprint density at radius 3 is 2.55 bits per heavy atom. The van der Waals surface area contributed by atoms with Gasteiger partial charge in [-0.05, 0) is 74.3 Å². The fraction of sp³-hybridized carbons (Fsp3) is 0.531. The molecular weight excluding hydrogens is 543 g/mol.